The van der Waals surface area contributed by atoms with E-state index in [-0.39, 0.29) is 5.69 Å². The zero-order chi connectivity index (χ0) is 12.3. The molecule has 88 valence electrons. The lowest BCUT2D eigenvalue weighted by Gasteiger charge is -2.04. The minimum absolute atomic E-state index is 0.0802. The maximum absolute atomic E-state index is 10.7. The number of carbonyl (C=O) groups is 1. The van der Waals surface area contributed by atoms with Crippen LogP contribution in [0.3, 0.4) is 0 Å². The van der Waals surface area contributed by atoms with Crippen LogP contribution in [0.1, 0.15) is 28.5 Å². The van der Waals surface area contributed by atoms with Crippen molar-refractivity contribution < 1.29 is 9.90 Å². The molecule has 0 unspecified atom stereocenters. The van der Waals surface area contributed by atoms with Crippen molar-refractivity contribution in [3.63, 3.8) is 0 Å². The van der Waals surface area contributed by atoms with Crippen LogP contribution in [0, 0.1) is 0 Å². The third-order valence-corrected chi connectivity index (χ3v) is 2.62. The number of imidazole rings is 1. The van der Waals surface area contributed by atoms with E-state index < -0.39 is 5.97 Å². The molecule has 0 aliphatic rings. The van der Waals surface area contributed by atoms with Gasteiger partial charge in [0, 0.05) is 12.7 Å². The van der Waals surface area contributed by atoms with E-state index in [4.69, 9.17) is 5.11 Å². The highest BCUT2D eigenvalue weighted by Gasteiger charge is 2.06. The normalized spacial score (nSPS) is 10.4. The van der Waals surface area contributed by atoms with Gasteiger partial charge in [0.1, 0.15) is 0 Å². The number of carboxylic acids is 1. The van der Waals surface area contributed by atoms with E-state index in [1.54, 1.807) is 17.1 Å². The summed E-state index contributed by atoms with van der Waals surface area (Å²) < 4.78 is 1.78. The summed E-state index contributed by atoms with van der Waals surface area (Å²) in [5, 5.41) is 8.77. The van der Waals surface area contributed by atoms with Gasteiger partial charge < -0.3 is 9.67 Å². The Balaban J connectivity index is 2.16. The molecule has 2 aromatic rings. The van der Waals surface area contributed by atoms with Gasteiger partial charge in [-0.1, -0.05) is 31.2 Å². The summed E-state index contributed by atoms with van der Waals surface area (Å²) in [5.74, 6) is -0.994. The molecule has 17 heavy (non-hydrogen) atoms. The lowest BCUT2D eigenvalue weighted by atomic mass is 10.1. The van der Waals surface area contributed by atoms with Crippen molar-refractivity contribution in [1.29, 1.82) is 0 Å². The van der Waals surface area contributed by atoms with E-state index in [0.29, 0.717) is 6.54 Å². The molecule has 0 saturated heterocycles. The molecular formula is C13H14N2O2. The number of hydrogen-bond donors (Lipinski definition) is 1. The number of rotatable bonds is 4. The summed E-state index contributed by atoms with van der Waals surface area (Å²) in [4.78, 5) is 14.5. The molecule has 4 nitrogen and oxygen atoms in total. The SMILES string of the molecule is CCc1cccc(Cn2cnc(C(=O)O)c2)c1. The van der Waals surface area contributed by atoms with Crippen molar-refractivity contribution in [2.24, 2.45) is 0 Å². The van der Waals surface area contributed by atoms with E-state index in [1.807, 2.05) is 12.1 Å². The first kappa shape index (κ1) is 11.4. The molecule has 0 spiro atoms. The van der Waals surface area contributed by atoms with Crippen LogP contribution in [0.25, 0.3) is 0 Å². The Morgan fingerprint density at radius 3 is 2.82 bits per heavy atom. The van der Waals surface area contributed by atoms with Gasteiger partial charge in [-0.05, 0) is 17.5 Å². The topological polar surface area (TPSA) is 55.1 Å². The van der Waals surface area contributed by atoms with Gasteiger partial charge in [-0.25, -0.2) is 9.78 Å². The van der Waals surface area contributed by atoms with Crippen LogP contribution in [0.2, 0.25) is 0 Å². The van der Waals surface area contributed by atoms with Crippen molar-refractivity contribution in [2.45, 2.75) is 19.9 Å². The van der Waals surface area contributed by atoms with Crippen LogP contribution < -0.4 is 0 Å². The number of aromatic carboxylic acids is 1. The molecular weight excluding hydrogens is 216 g/mol. The Bertz CT molecular complexity index is 532. The third kappa shape index (κ3) is 2.72. The summed E-state index contributed by atoms with van der Waals surface area (Å²) >= 11 is 0. The number of nitrogens with zero attached hydrogens (tertiary/aromatic N) is 2. The fourth-order valence-corrected chi connectivity index (χ4v) is 1.72. The average Bonchev–Trinajstić information content (AvgIpc) is 2.78. The Labute approximate surface area is 99.5 Å². The Kier molecular flexibility index (Phi) is 3.23. The molecule has 0 amide bonds. The fraction of sp³-hybridized carbons (Fsp3) is 0.231. The fourth-order valence-electron chi connectivity index (χ4n) is 1.72. The van der Waals surface area contributed by atoms with E-state index in [1.165, 1.54) is 5.56 Å². The van der Waals surface area contributed by atoms with Crippen LogP contribution in [0.5, 0.6) is 0 Å². The molecule has 1 aromatic carbocycles. The molecule has 0 atom stereocenters. The molecule has 1 heterocycles. The first-order valence-electron chi connectivity index (χ1n) is 5.52. The summed E-state index contributed by atoms with van der Waals surface area (Å²) in [7, 11) is 0. The largest absolute Gasteiger partial charge is 0.476 e. The molecule has 0 aliphatic heterocycles. The molecule has 0 aliphatic carbocycles. The van der Waals surface area contributed by atoms with E-state index in [0.717, 1.165) is 12.0 Å². The van der Waals surface area contributed by atoms with Crippen LogP contribution >= 0.6 is 0 Å². The molecule has 0 radical (unpaired) electrons. The average molecular weight is 230 g/mol. The van der Waals surface area contributed by atoms with E-state index in [9.17, 15) is 4.79 Å². The predicted octanol–water partition coefficient (Wildman–Crippen LogP) is 2.19. The molecule has 0 fully saturated rings. The summed E-state index contributed by atoms with van der Waals surface area (Å²) in [6.45, 7) is 2.76. The smallest absolute Gasteiger partial charge is 0.356 e. The number of aromatic nitrogens is 2. The minimum atomic E-state index is -0.994. The van der Waals surface area contributed by atoms with Gasteiger partial charge in [-0.2, -0.15) is 0 Å². The highest BCUT2D eigenvalue weighted by Crippen LogP contribution is 2.08. The zero-order valence-electron chi connectivity index (χ0n) is 9.63. The highest BCUT2D eigenvalue weighted by atomic mass is 16.4. The molecule has 0 bridgehead atoms. The van der Waals surface area contributed by atoms with E-state index >= 15 is 0 Å². The van der Waals surface area contributed by atoms with Gasteiger partial charge in [0.15, 0.2) is 5.69 Å². The number of aryl methyl sites for hydroxylation is 1. The van der Waals surface area contributed by atoms with Crippen molar-refractivity contribution in [1.82, 2.24) is 9.55 Å². The van der Waals surface area contributed by atoms with E-state index in [2.05, 4.69) is 24.0 Å². The van der Waals surface area contributed by atoms with Crippen molar-refractivity contribution in [3.8, 4) is 0 Å². The maximum atomic E-state index is 10.7. The quantitative estimate of drug-likeness (QED) is 0.876. The monoisotopic (exact) mass is 230 g/mol. The second kappa shape index (κ2) is 4.82. The molecule has 1 N–H and O–H groups in total. The Morgan fingerprint density at radius 2 is 2.18 bits per heavy atom. The number of benzene rings is 1. The minimum Gasteiger partial charge on any atom is -0.476 e. The number of carboxylic acid groups (broad SMARTS) is 1. The van der Waals surface area contributed by atoms with Gasteiger partial charge >= 0.3 is 5.97 Å². The molecule has 4 heteroatoms. The summed E-state index contributed by atoms with van der Waals surface area (Å²) in [6.07, 6.45) is 4.08. The van der Waals surface area contributed by atoms with Gasteiger partial charge in [0.05, 0.1) is 6.33 Å². The lowest BCUT2D eigenvalue weighted by Crippen LogP contribution is -1.98. The van der Waals surface area contributed by atoms with Crippen LogP contribution in [0.15, 0.2) is 36.8 Å². The highest BCUT2D eigenvalue weighted by molar-refractivity contribution is 5.84. The first-order valence-corrected chi connectivity index (χ1v) is 5.52. The summed E-state index contributed by atoms with van der Waals surface area (Å²) in [6, 6.07) is 8.25. The first-order chi connectivity index (χ1) is 8.19. The maximum Gasteiger partial charge on any atom is 0.356 e. The van der Waals surface area contributed by atoms with Crippen LogP contribution in [-0.4, -0.2) is 20.6 Å². The second-order valence-corrected chi connectivity index (χ2v) is 3.91. The van der Waals surface area contributed by atoms with Crippen LogP contribution in [0.4, 0.5) is 0 Å². The van der Waals surface area contributed by atoms with Gasteiger partial charge in [-0.15, -0.1) is 0 Å². The molecule has 2 rings (SSSR count). The Morgan fingerprint density at radius 1 is 1.41 bits per heavy atom. The van der Waals surface area contributed by atoms with Gasteiger partial charge in [0.25, 0.3) is 0 Å². The molecule has 0 saturated carbocycles. The van der Waals surface area contributed by atoms with Crippen molar-refractivity contribution in [3.05, 3.63) is 53.6 Å². The zero-order valence-corrected chi connectivity index (χ0v) is 9.63. The lowest BCUT2D eigenvalue weighted by molar-refractivity contribution is 0.0691. The van der Waals surface area contributed by atoms with Crippen molar-refractivity contribution in [2.75, 3.05) is 0 Å². The standard InChI is InChI=1S/C13H14N2O2/c1-2-10-4-3-5-11(6-10)7-15-8-12(13(16)17)14-9-15/h3-6,8-9H,2,7H2,1H3,(H,16,17). The summed E-state index contributed by atoms with van der Waals surface area (Å²) in [5.41, 5.74) is 2.51. The molecule has 1 aromatic heterocycles. The van der Waals surface area contributed by atoms with Gasteiger partial charge in [0.2, 0.25) is 0 Å². The van der Waals surface area contributed by atoms with Crippen LogP contribution in [-0.2, 0) is 13.0 Å². The number of hydrogen-bond acceptors (Lipinski definition) is 2. The Hall–Kier alpha value is -2.10. The van der Waals surface area contributed by atoms with Gasteiger partial charge in [-0.3, -0.25) is 0 Å². The van der Waals surface area contributed by atoms with Crippen molar-refractivity contribution >= 4 is 5.97 Å². The second-order valence-electron chi connectivity index (χ2n) is 3.91. The predicted molar refractivity (Wildman–Crippen MR) is 64.1 cm³/mol. The third-order valence-electron chi connectivity index (χ3n) is 2.62.